The second kappa shape index (κ2) is 4.95. The Morgan fingerprint density at radius 1 is 1.31 bits per heavy atom. The second-order valence-electron chi connectivity index (χ2n) is 4.68. The highest BCUT2D eigenvalue weighted by Gasteiger charge is 2.19. The van der Waals surface area contributed by atoms with Crippen LogP contribution in [0.5, 0.6) is 0 Å². The van der Waals surface area contributed by atoms with E-state index in [1.807, 2.05) is 5.01 Å². The third-order valence-electron chi connectivity index (χ3n) is 3.07. The van der Waals surface area contributed by atoms with Crippen LogP contribution in [0.15, 0.2) is 24.3 Å². The molecule has 2 rings (SSSR count). The van der Waals surface area contributed by atoms with Crippen molar-refractivity contribution >= 4 is 0 Å². The molecule has 1 heterocycles. The number of hydrogen-bond acceptors (Lipinski definition) is 3. The number of morpholine rings is 1. The van der Waals surface area contributed by atoms with Crippen LogP contribution in [0.4, 0.5) is 0 Å². The minimum absolute atomic E-state index is 0.125. The van der Waals surface area contributed by atoms with Crippen LogP contribution in [0.25, 0.3) is 0 Å². The molecule has 0 saturated carbocycles. The standard InChI is InChI=1S/C13H20N2O/c1-10(2)11-3-5-12(6-4-11)13-9-15(14)7-8-16-13/h3-6,10,13H,7-9,14H2,1-2H3. The Morgan fingerprint density at radius 3 is 2.56 bits per heavy atom. The molecule has 1 aliphatic heterocycles. The third-order valence-corrected chi connectivity index (χ3v) is 3.07. The van der Waals surface area contributed by atoms with Crippen LogP contribution in [-0.4, -0.2) is 24.7 Å². The van der Waals surface area contributed by atoms with Crippen LogP contribution in [0, 0.1) is 0 Å². The lowest BCUT2D eigenvalue weighted by Crippen LogP contribution is -2.42. The molecule has 3 nitrogen and oxygen atoms in total. The van der Waals surface area contributed by atoms with Crippen molar-refractivity contribution in [2.24, 2.45) is 5.84 Å². The number of hydrazine groups is 1. The van der Waals surface area contributed by atoms with Crippen molar-refractivity contribution in [3.8, 4) is 0 Å². The van der Waals surface area contributed by atoms with Crippen molar-refractivity contribution in [1.29, 1.82) is 0 Å². The van der Waals surface area contributed by atoms with E-state index in [-0.39, 0.29) is 6.10 Å². The van der Waals surface area contributed by atoms with Gasteiger partial charge in [0.1, 0.15) is 0 Å². The summed E-state index contributed by atoms with van der Waals surface area (Å²) < 4.78 is 5.71. The minimum Gasteiger partial charge on any atom is -0.371 e. The maximum absolute atomic E-state index is 5.79. The molecule has 0 aromatic heterocycles. The molecular weight excluding hydrogens is 200 g/mol. The van der Waals surface area contributed by atoms with E-state index in [9.17, 15) is 0 Å². The van der Waals surface area contributed by atoms with Crippen molar-refractivity contribution in [2.75, 3.05) is 19.7 Å². The lowest BCUT2D eigenvalue weighted by atomic mass is 9.99. The number of nitrogens with zero attached hydrogens (tertiary/aromatic N) is 1. The molecule has 88 valence electrons. The molecule has 1 aromatic rings. The average molecular weight is 220 g/mol. The van der Waals surface area contributed by atoms with E-state index < -0.39 is 0 Å². The summed E-state index contributed by atoms with van der Waals surface area (Å²) in [5.74, 6) is 6.37. The molecule has 1 aliphatic rings. The Hall–Kier alpha value is -0.900. The minimum atomic E-state index is 0.125. The van der Waals surface area contributed by atoms with Gasteiger partial charge in [0.25, 0.3) is 0 Å². The summed E-state index contributed by atoms with van der Waals surface area (Å²) in [7, 11) is 0. The van der Waals surface area contributed by atoms with Crippen LogP contribution in [0.1, 0.15) is 37.0 Å². The van der Waals surface area contributed by atoms with Gasteiger partial charge in [-0.1, -0.05) is 38.1 Å². The molecule has 0 amide bonds. The van der Waals surface area contributed by atoms with Crippen molar-refractivity contribution in [3.05, 3.63) is 35.4 Å². The summed E-state index contributed by atoms with van der Waals surface area (Å²) in [5.41, 5.74) is 2.59. The Morgan fingerprint density at radius 2 is 2.00 bits per heavy atom. The maximum atomic E-state index is 5.79. The van der Waals surface area contributed by atoms with Crippen molar-refractivity contribution in [1.82, 2.24) is 5.01 Å². The zero-order valence-electron chi connectivity index (χ0n) is 10.0. The molecule has 16 heavy (non-hydrogen) atoms. The smallest absolute Gasteiger partial charge is 0.0966 e. The van der Waals surface area contributed by atoms with E-state index in [1.54, 1.807) is 0 Å². The topological polar surface area (TPSA) is 38.5 Å². The molecule has 1 aromatic carbocycles. The molecule has 0 spiro atoms. The lowest BCUT2D eigenvalue weighted by molar-refractivity contribution is -0.0304. The van der Waals surface area contributed by atoms with Crippen molar-refractivity contribution in [2.45, 2.75) is 25.9 Å². The summed E-state index contributed by atoms with van der Waals surface area (Å²) in [6, 6.07) is 8.66. The van der Waals surface area contributed by atoms with Crippen LogP contribution >= 0.6 is 0 Å². The largest absolute Gasteiger partial charge is 0.371 e. The summed E-state index contributed by atoms with van der Waals surface area (Å²) in [6.45, 7) is 6.72. The fraction of sp³-hybridized carbons (Fsp3) is 0.538. The fourth-order valence-corrected chi connectivity index (χ4v) is 1.97. The molecule has 1 saturated heterocycles. The second-order valence-corrected chi connectivity index (χ2v) is 4.68. The predicted molar refractivity (Wildman–Crippen MR) is 65.0 cm³/mol. The van der Waals surface area contributed by atoms with E-state index in [4.69, 9.17) is 10.6 Å². The van der Waals surface area contributed by atoms with Gasteiger partial charge in [0.2, 0.25) is 0 Å². The van der Waals surface area contributed by atoms with E-state index in [1.165, 1.54) is 11.1 Å². The van der Waals surface area contributed by atoms with Gasteiger partial charge in [-0.15, -0.1) is 0 Å². The van der Waals surface area contributed by atoms with Crippen LogP contribution < -0.4 is 5.84 Å². The zero-order chi connectivity index (χ0) is 11.5. The molecule has 2 N–H and O–H groups in total. The van der Waals surface area contributed by atoms with Crippen LogP contribution in [0.3, 0.4) is 0 Å². The highest BCUT2D eigenvalue weighted by atomic mass is 16.5. The summed E-state index contributed by atoms with van der Waals surface area (Å²) in [5, 5.41) is 1.82. The molecule has 1 fully saturated rings. The number of benzene rings is 1. The maximum Gasteiger partial charge on any atom is 0.0966 e. The molecule has 0 aliphatic carbocycles. The molecule has 1 atom stereocenters. The predicted octanol–water partition coefficient (Wildman–Crippen LogP) is 2.06. The highest BCUT2D eigenvalue weighted by Crippen LogP contribution is 2.23. The first-order valence-electron chi connectivity index (χ1n) is 5.88. The average Bonchev–Trinajstić information content (AvgIpc) is 2.29. The van der Waals surface area contributed by atoms with Gasteiger partial charge in [0.15, 0.2) is 0 Å². The summed E-state index contributed by atoms with van der Waals surface area (Å²) in [6.07, 6.45) is 0.125. The van der Waals surface area contributed by atoms with Crippen LogP contribution in [0.2, 0.25) is 0 Å². The van der Waals surface area contributed by atoms with Crippen molar-refractivity contribution < 1.29 is 4.74 Å². The van der Waals surface area contributed by atoms with E-state index in [2.05, 4.69) is 38.1 Å². The van der Waals surface area contributed by atoms with Gasteiger partial charge in [-0.25, -0.2) is 5.01 Å². The van der Waals surface area contributed by atoms with Gasteiger partial charge in [0, 0.05) is 13.1 Å². The van der Waals surface area contributed by atoms with Gasteiger partial charge >= 0.3 is 0 Å². The molecule has 3 heteroatoms. The molecular formula is C13H20N2O. The van der Waals surface area contributed by atoms with E-state index >= 15 is 0 Å². The van der Waals surface area contributed by atoms with Gasteiger partial charge in [0.05, 0.1) is 12.7 Å². The first kappa shape index (κ1) is 11.6. The third kappa shape index (κ3) is 2.61. The fourth-order valence-electron chi connectivity index (χ4n) is 1.97. The monoisotopic (exact) mass is 220 g/mol. The molecule has 1 unspecified atom stereocenters. The van der Waals surface area contributed by atoms with Gasteiger partial charge in [-0.05, 0) is 17.0 Å². The highest BCUT2D eigenvalue weighted by molar-refractivity contribution is 5.26. The normalized spacial score (nSPS) is 22.6. The molecule has 0 bridgehead atoms. The number of hydrogen-bond donors (Lipinski definition) is 1. The van der Waals surface area contributed by atoms with Crippen LogP contribution in [-0.2, 0) is 4.74 Å². The van der Waals surface area contributed by atoms with E-state index in [0.717, 1.165) is 13.1 Å². The lowest BCUT2D eigenvalue weighted by Gasteiger charge is -2.30. The Balaban J connectivity index is 2.09. The van der Waals surface area contributed by atoms with Crippen molar-refractivity contribution in [3.63, 3.8) is 0 Å². The number of ether oxygens (including phenoxy) is 1. The SMILES string of the molecule is CC(C)c1ccc(C2CN(N)CCO2)cc1. The summed E-state index contributed by atoms with van der Waals surface area (Å²) in [4.78, 5) is 0. The number of rotatable bonds is 2. The van der Waals surface area contributed by atoms with Gasteiger partial charge in [-0.3, -0.25) is 5.84 Å². The first-order chi connectivity index (χ1) is 7.66. The Labute approximate surface area is 97.2 Å². The Kier molecular flexibility index (Phi) is 3.59. The Bertz CT molecular complexity index is 334. The first-order valence-corrected chi connectivity index (χ1v) is 5.88. The van der Waals surface area contributed by atoms with Gasteiger partial charge < -0.3 is 4.74 Å². The summed E-state index contributed by atoms with van der Waals surface area (Å²) >= 11 is 0. The quantitative estimate of drug-likeness (QED) is 0.775. The zero-order valence-corrected chi connectivity index (χ0v) is 10.0. The number of nitrogens with two attached hydrogens (primary N) is 1. The van der Waals surface area contributed by atoms with E-state index in [0.29, 0.717) is 12.5 Å². The molecule has 0 radical (unpaired) electrons. The van der Waals surface area contributed by atoms with Gasteiger partial charge in [-0.2, -0.15) is 0 Å².